The maximum atomic E-state index is 4.53. The fraction of sp³-hybridized carbons (Fsp3) is 0.375. The van der Waals surface area contributed by atoms with E-state index in [2.05, 4.69) is 54.3 Å². The molecular formula is C16H21N3. The van der Waals surface area contributed by atoms with Crippen molar-refractivity contribution in [2.24, 2.45) is 0 Å². The van der Waals surface area contributed by atoms with Crippen LogP contribution in [0, 0.1) is 13.8 Å². The highest BCUT2D eigenvalue weighted by atomic mass is 15.0. The van der Waals surface area contributed by atoms with Gasteiger partial charge in [-0.05, 0) is 31.9 Å². The van der Waals surface area contributed by atoms with E-state index < -0.39 is 0 Å². The van der Waals surface area contributed by atoms with Gasteiger partial charge in [-0.15, -0.1) is 0 Å². The minimum Gasteiger partial charge on any atom is -0.373 e. The third-order valence-corrected chi connectivity index (χ3v) is 3.33. The second kappa shape index (κ2) is 5.83. The van der Waals surface area contributed by atoms with Gasteiger partial charge in [-0.2, -0.15) is 0 Å². The Morgan fingerprint density at radius 2 is 1.95 bits per heavy atom. The molecule has 0 amide bonds. The number of anilines is 1. The van der Waals surface area contributed by atoms with Crippen molar-refractivity contribution in [2.75, 3.05) is 12.4 Å². The second-order valence-corrected chi connectivity index (χ2v) is 4.87. The Hall–Kier alpha value is -1.90. The summed E-state index contributed by atoms with van der Waals surface area (Å²) in [5.41, 5.74) is 5.99. The number of nitrogens with one attached hydrogen (secondary N) is 1. The standard InChI is InChI=1S/C16H21N3/c1-5-6-13-15(18-10-19-16(13)17-4)14-9-11(2)7-8-12(14)3/h7-10H,5-6H2,1-4H3,(H,17,18,19). The quantitative estimate of drug-likeness (QED) is 0.904. The van der Waals surface area contributed by atoms with Gasteiger partial charge in [-0.3, -0.25) is 0 Å². The topological polar surface area (TPSA) is 37.8 Å². The zero-order chi connectivity index (χ0) is 13.8. The highest BCUT2D eigenvalue weighted by molar-refractivity contribution is 5.71. The predicted molar refractivity (Wildman–Crippen MR) is 80.5 cm³/mol. The van der Waals surface area contributed by atoms with Gasteiger partial charge in [0.05, 0.1) is 5.69 Å². The second-order valence-electron chi connectivity index (χ2n) is 4.87. The van der Waals surface area contributed by atoms with E-state index >= 15 is 0 Å². The molecule has 0 saturated carbocycles. The van der Waals surface area contributed by atoms with Crippen LogP contribution in [0.25, 0.3) is 11.3 Å². The van der Waals surface area contributed by atoms with Crippen molar-refractivity contribution in [1.29, 1.82) is 0 Å². The lowest BCUT2D eigenvalue weighted by molar-refractivity contribution is 0.905. The van der Waals surface area contributed by atoms with E-state index in [1.807, 2.05) is 7.05 Å². The van der Waals surface area contributed by atoms with Crippen LogP contribution in [0.2, 0.25) is 0 Å². The molecule has 19 heavy (non-hydrogen) atoms. The molecule has 1 aromatic heterocycles. The Balaban J connectivity index is 2.63. The molecule has 100 valence electrons. The number of hydrogen-bond acceptors (Lipinski definition) is 3. The fourth-order valence-electron chi connectivity index (χ4n) is 2.34. The minimum atomic E-state index is 0.938. The Labute approximate surface area is 115 Å². The first-order valence-corrected chi connectivity index (χ1v) is 6.76. The zero-order valence-electron chi connectivity index (χ0n) is 12.1. The van der Waals surface area contributed by atoms with Crippen LogP contribution in [0.3, 0.4) is 0 Å². The van der Waals surface area contributed by atoms with E-state index in [-0.39, 0.29) is 0 Å². The summed E-state index contributed by atoms with van der Waals surface area (Å²) in [6.07, 6.45) is 3.71. The Morgan fingerprint density at radius 3 is 2.63 bits per heavy atom. The lowest BCUT2D eigenvalue weighted by atomic mass is 9.97. The first-order valence-electron chi connectivity index (χ1n) is 6.76. The van der Waals surface area contributed by atoms with Crippen LogP contribution < -0.4 is 5.32 Å². The molecule has 1 N–H and O–H groups in total. The largest absolute Gasteiger partial charge is 0.373 e. The summed E-state index contributed by atoms with van der Waals surface area (Å²) < 4.78 is 0. The maximum absolute atomic E-state index is 4.53. The van der Waals surface area contributed by atoms with E-state index in [0.29, 0.717) is 0 Å². The number of nitrogens with zero attached hydrogens (tertiary/aromatic N) is 2. The summed E-state index contributed by atoms with van der Waals surface area (Å²) in [7, 11) is 1.91. The highest BCUT2D eigenvalue weighted by Crippen LogP contribution is 2.29. The van der Waals surface area contributed by atoms with E-state index in [4.69, 9.17) is 0 Å². The molecule has 0 unspecified atom stereocenters. The first-order chi connectivity index (χ1) is 9.17. The van der Waals surface area contributed by atoms with Gasteiger partial charge in [-0.25, -0.2) is 9.97 Å². The number of rotatable bonds is 4. The minimum absolute atomic E-state index is 0.938. The van der Waals surface area contributed by atoms with Gasteiger partial charge in [0.1, 0.15) is 12.1 Å². The van der Waals surface area contributed by atoms with Crippen LogP contribution in [0.4, 0.5) is 5.82 Å². The Bertz CT molecular complexity index is 576. The van der Waals surface area contributed by atoms with Crippen LogP contribution in [0.5, 0.6) is 0 Å². The van der Waals surface area contributed by atoms with Gasteiger partial charge in [0.2, 0.25) is 0 Å². The fourth-order valence-corrected chi connectivity index (χ4v) is 2.34. The van der Waals surface area contributed by atoms with E-state index in [1.54, 1.807) is 6.33 Å². The van der Waals surface area contributed by atoms with Crippen LogP contribution >= 0.6 is 0 Å². The Kier molecular flexibility index (Phi) is 4.15. The summed E-state index contributed by atoms with van der Waals surface area (Å²) in [6.45, 7) is 6.42. The average Bonchev–Trinajstić information content (AvgIpc) is 2.42. The molecule has 3 nitrogen and oxygen atoms in total. The number of aryl methyl sites for hydroxylation is 2. The SMILES string of the molecule is CCCc1c(NC)ncnc1-c1cc(C)ccc1C. The van der Waals surface area contributed by atoms with Crippen molar-refractivity contribution in [3.63, 3.8) is 0 Å². The van der Waals surface area contributed by atoms with Crippen molar-refractivity contribution in [2.45, 2.75) is 33.6 Å². The maximum Gasteiger partial charge on any atom is 0.132 e. The molecule has 0 fully saturated rings. The average molecular weight is 255 g/mol. The third kappa shape index (κ3) is 2.75. The molecule has 0 radical (unpaired) electrons. The molecule has 0 saturated heterocycles. The van der Waals surface area contributed by atoms with Crippen LogP contribution in [0.15, 0.2) is 24.5 Å². The smallest absolute Gasteiger partial charge is 0.132 e. The van der Waals surface area contributed by atoms with Crippen LogP contribution in [-0.2, 0) is 6.42 Å². The molecule has 0 bridgehead atoms. The van der Waals surface area contributed by atoms with Gasteiger partial charge >= 0.3 is 0 Å². The lowest BCUT2D eigenvalue weighted by Crippen LogP contribution is -2.03. The molecule has 1 aromatic carbocycles. The summed E-state index contributed by atoms with van der Waals surface area (Å²) in [6, 6.07) is 6.50. The normalized spacial score (nSPS) is 10.5. The summed E-state index contributed by atoms with van der Waals surface area (Å²) in [4.78, 5) is 8.86. The van der Waals surface area contributed by atoms with Crippen molar-refractivity contribution >= 4 is 5.82 Å². The lowest BCUT2D eigenvalue weighted by Gasteiger charge is -2.14. The molecule has 1 heterocycles. The van der Waals surface area contributed by atoms with Gasteiger partial charge in [-0.1, -0.05) is 31.0 Å². The van der Waals surface area contributed by atoms with Crippen LogP contribution in [-0.4, -0.2) is 17.0 Å². The molecular weight excluding hydrogens is 234 g/mol. The summed E-state index contributed by atoms with van der Waals surface area (Å²) in [5.74, 6) is 0.938. The molecule has 2 rings (SSSR count). The van der Waals surface area contributed by atoms with E-state index in [9.17, 15) is 0 Å². The Morgan fingerprint density at radius 1 is 1.16 bits per heavy atom. The van der Waals surface area contributed by atoms with Crippen molar-refractivity contribution in [3.8, 4) is 11.3 Å². The van der Waals surface area contributed by atoms with Gasteiger partial charge in [0.15, 0.2) is 0 Å². The zero-order valence-corrected chi connectivity index (χ0v) is 12.1. The molecule has 3 heteroatoms. The van der Waals surface area contributed by atoms with Crippen molar-refractivity contribution in [1.82, 2.24) is 9.97 Å². The van der Waals surface area contributed by atoms with Gasteiger partial charge < -0.3 is 5.32 Å². The van der Waals surface area contributed by atoms with Gasteiger partial charge in [0, 0.05) is 18.2 Å². The monoisotopic (exact) mass is 255 g/mol. The molecule has 0 aliphatic heterocycles. The molecule has 0 atom stereocenters. The molecule has 0 aliphatic rings. The number of aromatic nitrogens is 2. The van der Waals surface area contributed by atoms with E-state index in [0.717, 1.165) is 24.4 Å². The molecule has 0 spiro atoms. The van der Waals surface area contributed by atoms with Gasteiger partial charge in [0.25, 0.3) is 0 Å². The summed E-state index contributed by atoms with van der Waals surface area (Å²) >= 11 is 0. The predicted octanol–water partition coefficient (Wildman–Crippen LogP) is 3.75. The number of benzene rings is 1. The molecule has 2 aromatic rings. The third-order valence-electron chi connectivity index (χ3n) is 3.33. The van der Waals surface area contributed by atoms with Crippen molar-refractivity contribution < 1.29 is 0 Å². The number of hydrogen-bond donors (Lipinski definition) is 1. The van der Waals surface area contributed by atoms with Crippen molar-refractivity contribution in [3.05, 3.63) is 41.2 Å². The summed E-state index contributed by atoms with van der Waals surface area (Å²) in [5, 5.41) is 3.17. The van der Waals surface area contributed by atoms with E-state index in [1.165, 1.54) is 22.3 Å². The van der Waals surface area contributed by atoms with Crippen LogP contribution in [0.1, 0.15) is 30.0 Å². The molecule has 0 aliphatic carbocycles. The first kappa shape index (κ1) is 13.5. The highest BCUT2D eigenvalue weighted by Gasteiger charge is 2.13.